The highest BCUT2D eigenvalue weighted by atomic mass is 14.9. The summed E-state index contributed by atoms with van der Waals surface area (Å²) < 4.78 is 0. The Hall–Kier alpha value is -0.960. The Balaban J connectivity index is 2.42. The molecule has 0 amide bonds. The zero-order valence-corrected chi connectivity index (χ0v) is 9.41. The predicted molar refractivity (Wildman–Crippen MR) is 57.8 cm³/mol. The summed E-state index contributed by atoms with van der Waals surface area (Å²) >= 11 is 0. The van der Waals surface area contributed by atoms with Crippen LogP contribution in [0.1, 0.15) is 33.4 Å². The van der Waals surface area contributed by atoms with E-state index in [2.05, 4.69) is 43.0 Å². The van der Waals surface area contributed by atoms with Crippen molar-refractivity contribution < 1.29 is 0 Å². The molecule has 0 aliphatic carbocycles. The van der Waals surface area contributed by atoms with Crippen molar-refractivity contribution in [2.24, 2.45) is 5.41 Å². The molecule has 1 aromatic heterocycles. The van der Waals surface area contributed by atoms with Gasteiger partial charge in [-0.1, -0.05) is 20.8 Å². The summed E-state index contributed by atoms with van der Waals surface area (Å²) in [6.45, 7) is 9.65. The molecule has 1 atom stereocenters. The van der Waals surface area contributed by atoms with E-state index in [0.29, 0.717) is 6.04 Å². The third-order valence-corrected chi connectivity index (χ3v) is 2.51. The molecule has 3 heteroatoms. The Bertz CT molecular complexity index is 264. The Morgan fingerprint density at radius 2 is 2.07 bits per heavy atom. The highest BCUT2D eigenvalue weighted by Gasteiger charge is 2.18. The SMILES string of the molecule is CC(NCc1cnccn1)C(C)(C)C. The van der Waals surface area contributed by atoms with Crippen molar-refractivity contribution in [2.45, 2.75) is 40.3 Å². The van der Waals surface area contributed by atoms with E-state index in [0.717, 1.165) is 12.2 Å². The quantitative estimate of drug-likeness (QED) is 0.798. The second-order valence-corrected chi connectivity index (χ2v) is 4.67. The maximum atomic E-state index is 4.21. The molecule has 78 valence electrons. The van der Waals surface area contributed by atoms with E-state index in [9.17, 15) is 0 Å². The molecule has 0 bridgehead atoms. The van der Waals surface area contributed by atoms with E-state index in [1.807, 2.05) is 0 Å². The van der Waals surface area contributed by atoms with Crippen LogP contribution in [-0.4, -0.2) is 16.0 Å². The van der Waals surface area contributed by atoms with Gasteiger partial charge in [-0.25, -0.2) is 0 Å². The molecular formula is C11H19N3. The van der Waals surface area contributed by atoms with Gasteiger partial charge in [-0.3, -0.25) is 9.97 Å². The van der Waals surface area contributed by atoms with Gasteiger partial charge in [0.05, 0.1) is 5.69 Å². The number of hydrogen-bond donors (Lipinski definition) is 1. The Labute approximate surface area is 86.0 Å². The third-order valence-electron chi connectivity index (χ3n) is 2.51. The largest absolute Gasteiger partial charge is 0.308 e. The van der Waals surface area contributed by atoms with Crippen molar-refractivity contribution in [3.8, 4) is 0 Å². The number of rotatable bonds is 3. The molecule has 1 heterocycles. The molecule has 0 spiro atoms. The van der Waals surface area contributed by atoms with E-state index in [1.54, 1.807) is 18.6 Å². The zero-order valence-electron chi connectivity index (χ0n) is 9.41. The van der Waals surface area contributed by atoms with Crippen molar-refractivity contribution >= 4 is 0 Å². The Morgan fingerprint density at radius 3 is 2.57 bits per heavy atom. The van der Waals surface area contributed by atoms with E-state index >= 15 is 0 Å². The number of nitrogens with one attached hydrogen (secondary N) is 1. The van der Waals surface area contributed by atoms with Gasteiger partial charge in [-0.15, -0.1) is 0 Å². The molecule has 0 radical (unpaired) electrons. The molecule has 1 rings (SSSR count). The first-order valence-corrected chi connectivity index (χ1v) is 4.98. The van der Waals surface area contributed by atoms with Crippen molar-refractivity contribution in [1.82, 2.24) is 15.3 Å². The second-order valence-electron chi connectivity index (χ2n) is 4.67. The Morgan fingerprint density at radius 1 is 1.36 bits per heavy atom. The minimum atomic E-state index is 0.280. The lowest BCUT2D eigenvalue weighted by atomic mass is 9.88. The molecule has 0 aliphatic heterocycles. The van der Waals surface area contributed by atoms with Gasteiger partial charge < -0.3 is 5.32 Å². The molecule has 1 N–H and O–H groups in total. The first-order valence-electron chi connectivity index (χ1n) is 4.98. The maximum Gasteiger partial charge on any atom is 0.0724 e. The summed E-state index contributed by atoms with van der Waals surface area (Å²) in [5.74, 6) is 0. The van der Waals surface area contributed by atoms with Gasteiger partial charge in [0.1, 0.15) is 0 Å². The van der Waals surface area contributed by atoms with Crippen molar-refractivity contribution in [3.05, 3.63) is 24.3 Å². The number of nitrogens with zero attached hydrogens (tertiary/aromatic N) is 2. The predicted octanol–water partition coefficient (Wildman–Crippen LogP) is 2.00. The highest BCUT2D eigenvalue weighted by Crippen LogP contribution is 2.18. The topological polar surface area (TPSA) is 37.8 Å². The third kappa shape index (κ3) is 3.42. The number of aromatic nitrogens is 2. The minimum absolute atomic E-state index is 0.280. The molecule has 0 saturated heterocycles. The average molecular weight is 193 g/mol. The monoisotopic (exact) mass is 193 g/mol. The summed E-state index contributed by atoms with van der Waals surface area (Å²) in [7, 11) is 0. The van der Waals surface area contributed by atoms with Crippen LogP contribution in [0.25, 0.3) is 0 Å². The maximum absolute atomic E-state index is 4.21. The molecule has 0 saturated carbocycles. The fourth-order valence-corrected chi connectivity index (χ4v) is 0.985. The summed E-state index contributed by atoms with van der Waals surface area (Å²) in [6.07, 6.45) is 5.21. The van der Waals surface area contributed by atoms with Crippen LogP contribution in [0.5, 0.6) is 0 Å². The molecule has 0 aliphatic rings. The second kappa shape index (κ2) is 4.51. The van der Waals surface area contributed by atoms with Crippen LogP contribution in [0.2, 0.25) is 0 Å². The first-order chi connectivity index (χ1) is 6.50. The van der Waals surface area contributed by atoms with Gasteiger partial charge in [-0.05, 0) is 12.3 Å². The smallest absolute Gasteiger partial charge is 0.0724 e. The summed E-state index contributed by atoms with van der Waals surface area (Å²) in [5.41, 5.74) is 1.27. The molecular weight excluding hydrogens is 174 g/mol. The van der Waals surface area contributed by atoms with Gasteiger partial charge >= 0.3 is 0 Å². The zero-order chi connectivity index (χ0) is 10.6. The van der Waals surface area contributed by atoms with Gasteiger partial charge in [-0.2, -0.15) is 0 Å². The van der Waals surface area contributed by atoms with Gasteiger partial charge in [0, 0.05) is 31.2 Å². The first kappa shape index (κ1) is 11.1. The van der Waals surface area contributed by atoms with Crippen LogP contribution in [0.4, 0.5) is 0 Å². The molecule has 3 nitrogen and oxygen atoms in total. The van der Waals surface area contributed by atoms with E-state index in [4.69, 9.17) is 0 Å². The van der Waals surface area contributed by atoms with Crippen LogP contribution in [0.3, 0.4) is 0 Å². The van der Waals surface area contributed by atoms with Crippen LogP contribution >= 0.6 is 0 Å². The molecule has 0 aromatic carbocycles. The van der Waals surface area contributed by atoms with E-state index in [-0.39, 0.29) is 5.41 Å². The van der Waals surface area contributed by atoms with Crippen LogP contribution in [0.15, 0.2) is 18.6 Å². The van der Waals surface area contributed by atoms with Crippen LogP contribution in [-0.2, 0) is 6.54 Å². The van der Waals surface area contributed by atoms with Crippen molar-refractivity contribution in [2.75, 3.05) is 0 Å². The minimum Gasteiger partial charge on any atom is -0.308 e. The van der Waals surface area contributed by atoms with Gasteiger partial charge in [0.25, 0.3) is 0 Å². The van der Waals surface area contributed by atoms with Crippen LogP contribution < -0.4 is 5.32 Å². The molecule has 1 aromatic rings. The van der Waals surface area contributed by atoms with Crippen LogP contribution in [0, 0.1) is 5.41 Å². The summed E-state index contributed by atoms with van der Waals surface area (Å²) in [4.78, 5) is 8.23. The van der Waals surface area contributed by atoms with Crippen molar-refractivity contribution in [3.63, 3.8) is 0 Å². The molecule has 1 unspecified atom stereocenters. The molecule has 14 heavy (non-hydrogen) atoms. The number of hydrogen-bond acceptors (Lipinski definition) is 3. The van der Waals surface area contributed by atoms with E-state index < -0.39 is 0 Å². The lowest BCUT2D eigenvalue weighted by Crippen LogP contribution is -2.37. The lowest BCUT2D eigenvalue weighted by Gasteiger charge is -2.28. The fourth-order valence-electron chi connectivity index (χ4n) is 0.985. The molecule has 0 fully saturated rings. The van der Waals surface area contributed by atoms with Gasteiger partial charge in [0.2, 0.25) is 0 Å². The summed E-state index contributed by atoms with van der Waals surface area (Å²) in [5, 5.41) is 3.44. The lowest BCUT2D eigenvalue weighted by molar-refractivity contribution is 0.284. The Kier molecular flexibility index (Phi) is 3.58. The average Bonchev–Trinajstić information content (AvgIpc) is 2.14. The normalized spacial score (nSPS) is 14.0. The van der Waals surface area contributed by atoms with Gasteiger partial charge in [0.15, 0.2) is 0 Å². The fraction of sp³-hybridized carbons (Fsp3) is 0.636. The highest BCUT2D eigenvalue weighted by molar-refractivity contribution is 4.94. The summed E-state index contributed by atoms with van der Waals surface area (Å²) in [6, 6.07) is 0.463. The van der Waals surface area contributed by atoms with E-state index in [1.165, 1.54) is 0 Å². The standard InChI is InChI=1S/C11H19N3/c1-9(11(2,3)4)14-8-10-7-12-5-6-13-10/h5-7,9,14H,8H2,1-4H3. The van der Waals surface area contributed by atoms with Crippen molar-refractivity contribution in [1.29, 1.82) is 0 Å².